The van der Waals surface area contributed by atoms with Crippen LogP contribution in [0.3, 0.4) is 0 Å². The summed E-state index contributed by atoms with van der Waals surface area (Å²) in [6, 6.07) is 14.2. The van der Waals surface area contributed by atoms with Crippen LogP contribution in [0.2, 0.25) is 0 Å². The Morgan fingerprint density at radius 2 is 1.76 bits per heavy atom. The molecule has 1 fully saturated rings. The highest BCUT2D eigenvalue weighted by molar-refractivity contribution is 7.11. The van der Waals surface area contributed by atoms with E-state index < -0.39 is 0 Å². The van der Waals surface area contributed by atoms with Crippen LogP contribution in [-0.4, -0.2) is 18.0 Å². The fraction of sp³-hybridized carbons (Fsp3) is 0.444. The zero-order valence-electron chi connectivity index (χ0n) is 12.9. The van der Waals surface area contributed by atoms with Crippen molar-refractivity contribution in [3.8, 4) is 0 Å². The first-order valence-corrected chi connectivity index (χ1v) is 8.56. The second-order valence-electron chi connectivity index (χ2n) is 6.18. The molecular formula is C18H24N2S. The van der Waals surface area contributed by atoms with Gasteiger partial charge in [0.25, 0.3) is 0 Å². The molecule has 1 aliphatic rings. The van der Waals surface area contributed by atoms with Gasteiger partial charge in [-0.1, -0.05) is 29.8 Å². The molecule has 1 aromatic carbocycles. The van der Waals surface area contributed by atoms with Gasteiger partial charge < -0.3 is 5.32 Å². The van der Waals surface area contributed by atoms with Crippen molar-refractivity contribution in [2.75, 3.05) is 7.05 Å². The van der Waals surface area contributed by atoms with Crippen LogP contribution >= 0.6 is 11.3 Å². The summed E-state index contributed by atoms with van der Waals surface area (Å²) in [5.74, 6) is 0. The maximum atomic E-state index is 3.58. The van der Waals surface area contributed by atoms with Crippen molar-refractivity contribution < 1.29 is 0 Å². The van der Waals surface area contributed by atoms with Gasteiger partial charge in [-0.05, 0) is 44.5 Å². The topological polar surface area (TPSA) is 15.3 Å². The van der Waals surface area contributed by atoms with E-state index >= 15 is 0 Å². The second-order valence-corrected chi connectivity index (χ2v) is 7.43. The van der Waals surface area contributed by atoms with Gasteiger partial charge in [-0.25, -0.2) is 0 Å². The van der Waals surface area contributed by atoms with Crippen molar-refractivity contribution in [2.45, 2.75) is 45.4 Å². The summed E-state index contributed by atoms with van der Waals surface area (Å²) < 4.78 is 0. The molecule has 0 bridgehead atoms. The van der Waals surface area contributed by atoms with E-state index in [0.29, 0.717) is 0 Å². The van der Waals surface area contributed by atoms with E-state index in [1.54, 1.807) is 0 Å². The van der Waals surface area contributed by atoms with E-state index in [1.807, 2.05) is 11.3 Å². The monoisotopic (exact) mass is 300 g/mol. The third-order valence-corrected chi connectivity index (χ3v) is 4.93. The predicted octanol–water partition coefficient (Wildman–Crippen LogP) is 3.94. The molecule has 21 heavy (non-hydrogen) atoms. The Hall–Kier alpha value is -1.16. The lowest BCUT2D eigenvalue weighted by atomic mass is 10.1. The number of rotatable bonds is 7. The molecule has 0 atom stereocenters. The zero-order chi connectivity index (χ0) is 14.7. The summed E-state index contributed by atoms with van der Waals surface area (Å²) in [7, 11) is 2.20. The normalized spacial score (nSPS) is 14.8. The van der Waals surface area contributed by atoms with Crippen LogP contribution in [0.4, 0.5) is 0 Å². The third-order valence-electron chi connectivity index (χ3n) is 3.86. The average Bonchev–Trinajstić information content (AvgIpc) is 3.19. The van der Waals surface area contributed by atoms with E-state index in [2.05, 4.69) is 60.6 Å². The van der Waals surface area contributed by atoms with Gasteiger partial charge in [0, 0.05) is 35.4 Å². The molecule has 1 N–H and O–H groups in total. The fourth-order valence-corrected chi connectivity index (χ4v) is 3.51. The molecule has 3 rings (SSSR count). The molecule has 2 aromatic rings. The van der Waals surface area contributed by atoms with Crippen LogP contribution in [-0.2, 0) is 19.6 Å². The summed E-state index contributed by atoms with van der Waals surface area (Å²) in [4.78, 5) is 5.30. The van der Waals surface area contributed by atoms with Gasteiger partial charge in [0.15, 0.2) is 0 Å². The first kappa shape index (κ1) is 14.8. The standard InChI is InChI=1S/C18H24N2S/c1-14-3-5-15(6-4-14)12-20(2)13-18-10-9-17(21-18)11-19-16-7-8-16/h3-6,9-10,16,19H,7-8,11-13H2,1-2H3. The van der Waals surface area contributed by atoms with Gasteiger partial charge in [0.2, 0.25) is 0 Å². The summed E-state index contributed by atoms with van der Waals surface area (Å²) >= 11 is 1.94. The number of nitrogens with zero attached hydrogens (tertiary/aromatic N) is 1. The van der Waals surface area contributed by atoms with E-state index in [1.165, 1.54) is 33.7 Å². The average molecular weight is 300 g/mol. The Morgan fingerprint density at radius 1 is 1.05 bits per heavy atom. The van der Waals surface area contributed by atoms with E-state index in [-0.39, 0.29) is 0 Å². The Balaban J connectivity index is 1.49. The van der Waals surface area contributed by atoms with Crippen molar-refractivity contribution >= 4 is 11.3 Å². The number of hydrogen-bond acceptors (Lipinski definition) is 3. The highest BCUT2D eigenvalue weighted by atomic mass is 32.1. The summed E-state index contributed by atoms with van der Waals surface area (Å²) in [5.41, 5.74) is 2.71. The van der Waals surface area contributed by atoms with Crippen molar-refractivity contribution in [3.63, 3.8) is 0 Å². The van der Waals surface area contributed by atoms with Gasteiger partial charge in [0.1, 0.15) is 0 Å². The zero-order valence-corrected chi connectivity index (χ0v) is 13.7. The van der Waals surface area contributed by atoms with Crippen molar-refractivity contribution in [2.24, 2.45) is 0 Å². The lowest BCUT2D eigenvalue weighted by Crippen LogP contribution is -2.16. The van der Waals surface area contributed by atoms with Crippen LogP contribution in [0.5, 0.6) is 0 Å². The predicted molar refractivity (Wildman–Crippen MR) is 90.5 cm³/mol. The van der Waals surface area contributed by atoms with Crippen molar-refractivity contribution in [1.29, 1.82) is 0 Å². The number of aryl methyl sites for hydroxylation is 1. The number of thiophene rings is 1. The van der Waals surface area contributed by atoms with Crippen molar-refractivity contribution in [3.05, 3.63) is 57.3 Å². The van der Waals surface area contributed by atoms with Crippen molar-refractivity contribution in [1.82, 2.24) is 10.2 Å². The quantitative estimate of drug-likeness (QED) is 0.833. The van der Waals surface area contributed by atoms with Gasteiger partial charge in [0.05, 0.1) is 0 Å². The first-order valence-electron chi connectivity index (χ1n) is 7.74. The van der Waals surface area contributed by atoms with Crippen LogP contribution in [0.1, 0.15) is 33.7 Å². The third kappa shape index (κ3) is 4.67. The van der Waals surface area contributed by atoms with E-state index in [4.69, 9.17) is 0 Å². The maximum Gasteiger partial charge on any atom is 0.0328 e. The molecule has 2 nitrogen and oxygen atoms in total. The van der Waals surface area contributed by atoms with Crippen LogP contribution in [0.25, 0.3) is 0 Å². The number of nitrogens with one attached hydrogen (secondary N) is 1. The van der Waals surface area contributed by atoms with Crippen LogP contribution in [0.15, 0.2) is 36.4 Å². The Morgan fingerprint density at radius 3 is 2.48 bits per heavy atom. The molecule has 0 spiro atoms. The van der Waals surface area contributed by atoms with Gasteiger partial charge in [-0.3, -0.25) is 4.90 Å². The molecule has 1 saturated carbocycles. The van der Waals surface area contributed by atoms with E-state index in [0.717, 1.165) is 25.7 Å². The van der Waals surface area contributed by atoms with Crippen LogP contribution in [0, 0.1) is 6.92 Å². The Kier molecular flexibility index (Phi) is 4.73. The minimum absolute atomic E-state index is 0.791. The number of hydrogen-bond donors (Lipinski definition) is 1. The lowest BCUT2D eigenvalue weighted by Gasteiger charge is -2.15. The summed E-state index contributed by atoms with van der Waals surface area (Å²) in [6.07, 6.45) is 2.72. The highest BCUT2D eigenvalue weighted by Crippen LogP contribution is 2.22. The largest absolute Gasteiger partial charge is 0.309 e. The molecule has 1 aliphatic carbocycles. The molecule has 1 heterocycles. The molecule has 0 saturated heterocycles. The minimum Gasteiger partial charge on any atom is -0.309 e. The second kappa shape index (κ2) is 6.73. The number of benzene rings is 1. The van der Waals surface area contributed by atoms with E-state index in [9.17, 15) is 0 Å². The molecule has 3 heteroatoms. The Labute approximate surface area is 131 Å². The molecule has 0 unspecified atom stereocenters. The van der Waals surface area contributed by atoms with Gasteiger partial charge in [-0.15, -0.1) is 11.3 Å². The van der Waals surface area contributed by atoms with Gasteiger partial charge in [-0.2, -0.15) is 0 Å². The molecular weight excluding hydrogens is 276 g/mol. The fourth-order valence-electron chi connectivity index (χ4n) is 2.46. The molecule has 0 radical (unpaired) electrons. The molecule has 0 amide bonds. The summed E-state index contributed by atoms with van der Waals surface area (Å²) in [6.45, 7) is 5.21. The minimum atomic E-state index is 0.791. The Bertz CT molecular complexity index is 569. The van der Waals surface area contributed by atoms with Gasteiger partial charge >= 0.3 is 0 Å². The smallest absolute Gasteiger partial charge is 0.0328 e. The van der Waals surface area contributed by atoms with Crippen LogP contribution < -0.4 is 5.32 Å². The maximum absolute atomic E-state index is 3.58. The molecule has 0 aliphatic heterocycles. The molecule has 1 aromatic heterocycles. The SMILES string of the molecule is Cc1ccc(CN(C)Cc2ccc(CNC3CC3)s2)cc1. The highest BCUT2D eigenvalue weighted by Gasteiger charge is 2.20. The summed E-state index contributed by atoms with van der Waals surface area (Å²) in [5, 5.41) is 3.58. The lowest BCUT2D eigenvalue weighted by molar-refractivity contribution is 0.322. The first-order chi connectivity index (χ1) is 10.2. The molecule has 112 valence electrons.